The largest absolute Gasteiger partial charge is 0.459 e. The van der Waals surface area contributed by atoms with Crippen LogP contribution in [0.3, 0.4) is 0 Å². The fraction of sp³-hybridized carbons (Fsp3) is 0.846. The number of hydrogen-bond acceptors (Lipinski definition) is 4. The van der Waals surface area contributed by atoms with Crippen molar-refractivity contribution in [2.45, 2.75) is 72.0 Å². The molecule has 4 nitrogen and oxygen atoms in total. The fourth-order valence-electron chi connectivity index (χ4n) is 1.68. The monoisotopic (exact) mass is 244 g/mol. The molecule has 0 fully saturated rings. The van der Waals surface area contributed by atoms with Crippen molar-refractivity contribution in [3.63, 3.8) is 0 Å². The molecule has 0 aromatic carbocycles. The predicted octanol–water partition coefficient (Wildman–Crippen LogP) is 2.84. The summed E-state index contributed by atoms with van der Waals surface area (Å²) in [5, 5.41) is 0. The van der Waals surface area contributed by atoms with E-state index in [4.69, 9.17) is 9.47 Å². The van der Waals surface area contributed by atoms with Gasteiger partial charge in [0.25, 0.3) is 0 Å². The second-order valence-electron chi connectivity index (χ2n) is 4.11. The van der Waals surface area contributed by atoms with Crippen molar-refractivity contribution in [3.8, 4) is 0 Å². The van der Waals surface area contributed by atoms with E-state index in [1.807, 2.05) is 13.8 Å². The summed E-state index contributed by atoms with van der Waals surface area (Å²) in [5.74, 6) is -0.561. The van der Waals surface area contributed by atoms with Crippen LogP contribution in [-0.4, -0.2) is 24.1 Å². The van der Waals surface area contributed by atoms with E-state index in [0.717, 1.165) is 25.7 Å². The van der Waals surface area contributed by atoms with Gasteiger partial charge < -0.3 is 9.47 Å². The third-order valence-electron chi connectivity index (χ3n) is 2.45. The Labute approximate surface area is 104 Å². The molecular weight excluding hydrogens is 220 g/mol. The van der Waals surface area contributed by atoms with Crippen LogP contribution < -0.4 is 0 Å². The van der Waals surface area contributed by atoms with Crippen molar-refractivity contribution in [2.75, 3.05) is 0 Å². The number of rotatable bonds is 8. The predicted molar refractivity (Wildman–Crippen MR) is 65.5 cm³/mol. The zero-order valence-corrected chi connectivity index (χ0v) is 11.3. The third kappa shape index (κ3) is 6.97. The minimum atomic E-state index is -0.322. The SMILES string of the molecule is CCCC(OC(C)=O)C(CCC)OC(=O)CC. The van der Waals surface area contributed by atoms with E-state index in [9.17, 15) is 9.59 Å². The quantitative estimate of drug-likeness (QED) is 0.616. The van der Waals surface area contributed by atoms with Crippen LogP contribution in [0.2, 0.25) is 0 Å². The molecule has 0 N–H and O–H groups in total. The van der Waals surface area contributed by atoms with Crippen molar-refractivity contribution in [1.29, 1.82) is 0 Å². The molecule has 0 heterocycles. The van der Waals surface area contributed by atoms with Crippen LogP contribution in [0.25, 0.3) is 0 Å². The van der Waals surface area contributed by atoms with E-state index in [1.54, 1.807) is 6.92 Å². The van der Waals surface area contributed by atoms with Gasteiger partial charge in [-0.2, -0.15) is 0 Å². The van der Waals surface area contributed by atoms with E-state index in [1.165, 1.54) is 6.92 Å². The maximum absolute atomic E-state index is 11.3. The number of hydrogen-bond donors (Lipinski definition) is 0. The van der Waals surface area contributed by atoms with Gasteiger partial charge in [-0.15, -0.1) is 0 Å². The summed E-state index contributed by atoms with van der Waals surface area (Å²) < 4.78 is 10.6. The Bertz CT molecular complexity index is 238. The number of carbonyl (C=O) groups excluding carboxylic acids is 2. The molecule has 0 bridgehead atoms. The third-order valence-corrected chi connectivity index (χ3v) is 2.45. The summed E-state index contributed by atoms with van der Waals surface area (Å²) in [4.78, 5) is 22.4. The molecule has 0 rings (SSSR count). The van der Waals surface area contributed by atoms with Gasteiger partial charge >= 0.3 is 11.9 Å². The molecule has 0 aliphatic heterocycles. The molecule has 0 aliphatic rings. The second-order valence-corrected chi connectivity index (χ2v) is 4.11. The summed E-state index contributed by atoms with van der Waals surface area (Å²) in [6, 6.07) is 0. The highest BCUT2D eigenvalue weighted by atomic mass is 16.6. The van der Waals surface area contributed by atoms with Gasteiger partial charge in [0, 0.05) is 13.3 Å². The van der Waals surface area contributed by atoms with Gasteiger partial charge in [-0.25, -0.2) is 0 Å². The Morgan fingerprint density at radius 1 is 0.941 bits per heavy atom. The minimum absolute atomic E-state index is 0.239. The lowest BCUT2D eigenvalue weighted by Crippen LogP contribution is -2.34. The normalized spacial score (nSPS) is 13.9. The standard InChI is InChI=1S/C13H24O4/c1-5-8-11(16-10(4)14)12(9-6-2)17-13(15)7-3/h11-12H,5-9H2,1-4H3. The molecule has 0 aromatic heterocycles. The van der Waals surface area contributed by atoms with Gasteiger partial charge in [-0.3, -0.25) is 9.59 Å². The highest BCUT2D eigenvalue weighted by Gasteiger charge is 2.26. The Kier molecular flexibility index (Phi) is 8.46. The molecule has 17 heavy (non-hydrogen) atoms. The summed E-state index contributed by atoms with van der Waals surface area (Å²) in [7, 11) is 0. The van der Waals surface area contributed by atoms with Crippen molar-refractivity contribution in [1.82, 2.24) is 0 Å². The Morgan fingerprint density at radius 3 is 1.76 bits per heavy atom. The number of esters is 2. The Hall–Kier alpha value is -1.06. The summed E-state index contributed by atoms with van der Waals surface area (Å²) >= 11 is 0. The molecule has 2 unspecified atom stereocenters. The molecule has 0 aliphatic carbocycles. The van der Waals surface area contributed by atoms with Crippen molar-refractivity contribution >= 4 is 11.9 Å². The topological polar surface area (TPSA) is 52.6 Å². The van der Waals surface area contributed by atoms with Crippen molar-refractivity contribution < 1.29 is 19.1 Å². The maximum Gasteiger partial charge on any atom is 0.305 e. The molecule has 4 heteroatoms. The fourth-order valence-corrected chi connectivity index (χ4v) is 1.68. The van der Waals surface area contributed by atoms with Crippen LogP contribution >= 0.6 is 0 Å². The zero-order chi connectivity index (χ0) is 13.3. The highest BCUT2D eigenvalue weighted by Crippen LogP contribution is 2.16. The van der Waals surface area contributed by atoms with Crippen LogP contribution in [0.15, 0.2) is 0 Å². The average molecular weight is 244 g/mol. The lowest BCUT2D eigenvalue weighted by Gasteiger charge is -2.26. The zero-order valence-electron chi connectivity index (χ0n) is 11.3. The summed E-state index contributed by atoms with van der Waals surface area (Å²) in [6.45, 7) is 7.17. The molecular formula is C13H24O4. The number of carbonyl (C=O) groups is 2. The van der Waals surface area contributed by atoms with Gasteiger partial charge in [-0.05, 0) is 12.8 Å². The van der Waals surface area contributed by atoms with Crippen LogP contribution in [0.5, 0.6) is 0 Å². The first-order valence-corrected chi connectivity index (χ1v) is 6.41. The molecule has 0 amide bonds. The summed E-state index contributed by atoms with van der Waals surface area (Å²) in [5.41, 5.74) is 0. The first-order chi connectivity index (χ1) is 8.04. The van der Waals surface area contributed by atoms with Gasteiger partial charge in [0.2, 0.25) is 0 Å². The van der Waals surface area contributed by atoms with E-state index in [-0.39, 0.29) is 24.1 Å². The Morgan fingerprint density at radius 2 is 1.41 bits per heavy atom. The number of ether oxygens (including phenoxy) is 2. The highest BCUT2D eigenvalue weighted by molar-refractivity contribution is 5.69. The Balaban J connectivity index is 4.55. The maximum atomic E-state index is 11.3. The molecule has 0 saturated heterocycles. The van der Waals surface area contributed by atoms with Crippen LogP contribution in [0.4, 0.5) is 0 Å². The molecule has 0 spiro atoms. The lowest BCUT2D eigenvalue weighted by molar-refractivity contribution is -0.167. The van der Waals surface area contributed by atoms with Crippen LogP contribution in [-0.2, 0) is 19.1 Å². The van der Waals surface area contributed by atoms with Gasteiger partial charge in [-0.1, -0.05) is 33.6 Å². The van der Waals surface area contributed by atoms with Crippen LogP contribution in [0.1, 0.15) is 59.8 Å². The van der Waals surface area contributed by atoms with Crippen molar-refractivity contribution in [3.05, 3.63) is 0 Å². The second kappa shape index (κ2) is 9.02. The van der Waals surface area contributed by atoms with Gasteiger partial charge in [0.15, 0.2) is 0 Å². The van der Waals surface area contributed by atoms with Crippen LogP contribution in [0, 0.1) is 0 Å². The first-order valence-electron chi connectivity index (χ1n) is 6.41. The van der Waals surface area contributed by atoms with E-state index in [2.05, 4.69) is 0 Å². The molecule has 0 saturated carbocycles. The van der Waals surface area contributed by atoms with Gasteiger partial charge in [0.1, 0.15) is 12.2 Å². The van der Waals surface area contributed by atoms with E-state index in [0.29, 0.717) is 6.42 Å². The minimum Gasteiger partial charge on any atom is -0.459 e. The van der Waals surface area contributed by atoms with Crippen molar-refractivity contribution in [2.24, 2.45) is 0 Å². The molecule has 0 aromatic rings. The lowest BCUT2D eigenvalue weighted by atomic mass is 10.0. The average Bonchev–Trinajstić information content (AvgIpc) is 2.27. The first kappa shape index (κ1) is 15.9. The summed E-state index contributed by atoms with van der Waals surface area (Å²) in [6.07, 6.45) is 2.96. The molecule has 0 radical (unpaired) electrons. The smallest absolute Gasteiger partial charge is 0.305 e. The van der Waals surface area contributed by atoms with Gasteiger partial charge in [0.05, 0.1) is 0 Å². The van der Waals surface area contributed by atoms with E-state index < -0.39 is 0 Å². The molecule has 2 atom stereocenters. The molecule has 100 valence electrons. The van der Waals surface area contributed by atoms with E-state index >= 15 is 0 Å².